The first-order chi connectivity index (χ1) is 9.01. The molecule has 0 spiro atoms. The summed E-state index contributed by atoms with van der Waals surface area (Å²) in [5.41, 5.74) is 0. The van der Waals surface area contributed by atoms with E-state index in [1.807, 2.05) is 6.92 Å². The number of hydrogen-bond donors (Lipinski definition) is 4. The Morgan fingerprint density at radius 2 is 1.95 bits per heavy atom. The van der Waals surface area contributed by atoms with Crippen molar-refractivity contribution >= 4 is 5.97 Å². The molecule has 0 radical (unpaired) electrons. The van der Waals surface area contributed by atoms with E-state index in [4.69, 9.17) is 14.6 Å². The van der Waals surface area contributed by atoms with Crippen molar-refractivity contribution in [3.8, 4) is 0 Å². The normalized spacial score (nSPS) is 35.5. The van der Waals surface area contributed by atoms with Gasteiger partial charge in [0.25, 0.3) is 0 Å². The number of carbonyl (C=O) groups excluding carboxylic acids is 1. The zero-order valence-electron chi connectivity index (χ0n) is 10.7. The lowest BCUT2D eigenvalue weighted by Gasteiger charge is -2.38. The van der Waals surface area contributed by atoms with Crippen molar-refractivity contribution in [1.82, 2.24) is 0 Å². The van der Waals surface area contributed by atoms with Crippen molar-refractivity contribution in [2.75, 3.05) is 6.61 Å². The Morgan fingerprint density at radius 3 is 2.53 bits per heavy atom. The molecule has 19 heavy (non-hydrogen) atoms. The summed E-state index contributed by atoms with van der Waals surface area (Å²) in [6, 6.07) is 0. The minimum Gasteiger partial charge on any atom is -0.430 e. The molecule has 0 saturated carbocycles. The first-order valence-corrected chi connectivity index (χ1v) is 6.19. The summed E-state index contributed by atoms with van der Waals surface area (Å²) in [6.45, 7) is 1.39. The minimum atomic E-state index is -1.57. The van der Waals surface area contributed by atoms with Gasteiger partial charge in [0.05, 0.1) is 6.61 Å². The topological polar surface area (TPSA) is 116 Å². The Hall–Kier alpha value is -0.990. The zero-order valence-corrected chi connectivity index (χ0v) is 10.7. The van der Waals surface area contributed by atoms with Crippen LogP contribution in [-0.4, -0.2) is 63.7 Å². The molecule has 1 aliphatic rings. The van der Waals surface area contributed by atoms with Gasteiger partial charge in [-0.15, -0.1) is 0 Å². The van der Waals surface area contributed by atoms with Crippen LogP contribution in [0.2, 0.25) is 0 Å². The van der Waals surface area contributed by atoms with Crippen molar-refractivity contribution in [3.63, 3.8) is 0 Å². The molecule has 0 aromatic carbocycles. The van der Waals surface area contributed by atoms with Gasteiger partial charge >= 0.3 is 5.97 Å². The van der Waals surface area contributed by atoms with E-state index in [9.17, 15) is 20.1 Å². The highest BCUT2D eigenvalue weighted by molar-refractivity contribution is 5.81. The summed E-state index contributed by atoms with van der Waals surface area (Å²) in [6.07, 6.45) is -2.69. The molecule has 0 aliphatic carbocycles. The lowest BCUT2D eigenvalue weighted by atomic mass is 9.99. The largest absolute Gasteiger partial charge is 0.430 e. The summed E-state index contributed by atoms with van der Waals surface area (Å²) in [5.74, 6) is -0.724. The average molecular weight is 276 g/mol. The van der Waals surface area contributed by atoms with Gasteiger partial charge in [-0.05, 0) is 6.42 Å². The summed E-state index contributed by atoms with van der Waals surface area (Å²) < 4.78 is 9.84. The van der Waals surface area contributed by atoms with Gasteiger partial charge in [0.1, 0.15) is 24.4 Å². The molecule has 1 heterocycles. The fourth-order valence-corrected chi connectivity index (χ4v) is 1.66. The molecule has 1 aliphatic heterocycles. The van der Waals surface area contributed by atoms with Gasteiger partial charge in [0, 0.05) is 6.08 Å². The smallest absolute Gasteiger partial charge is 0.332 e. The molecule has 110 valence electrons. The Balaban J connectivity index is 2.59. The van der Waals surface area contributed by atoms with E-state index in [0.29, 0.717) is 6.42 Å². The second-order valence-electron chi connectivity index (χ2n) is 4.33. The summed E-state index contributed by atoms with van der Waals surface area (Å²) in [7, 11) is 0. The first-order valence-electron chi connectivity index (χ1n) is 6.19. The molecule has 0 bridgehead atoms. The molecule has 0 aromatic rings. The zero-order chi connectivity index (χ0) is 14.4. The maximum atomic E-state index is 11.4. The minimum absolute atomic E-state index is 0.565. The van der Waals surface area contributed by atoms with Gasteiger partial charge in [-0.25, -0.2) is 4.79 Å². The number of carbonyl (C=O) groups is 1. The second kappa shape index (κ2) is 7.56. The lowest BCUT2D eigenvalue weighted by molar-refractivity contribution is -0.291. The van der Waals surface area contributed by atoms with Crippen LogP contribution in [0.3, 0.4) is 0 Å². The molecular weight excluding hydrogens is 256 g/mol. The molecule has 1 saturated heterocycles. The van der Waals surface area contributed by atoms with Crippen molar-refractivity contribution < 1.29 is 34.7 Å². The number of hydrogen-bond acceptors (Lipinski definition) is 7. The molecule has 1 rings (SSSR count). The van der Waals surface area contributed by atoms with E-state index in [1.165, 1.54) is 6.08 Å². The third-order valence-corrected chi connectivity index (χ3v) is 2.79. The van der Waals surface area contributed by atoms with Crippen LogP contribution in [-0.2, 0) is 14.3 Å². The predicted molar refractivity (Wildman–Crippen MR) is 63.9 cm³/mol. The van der Waals surface area contributed by atoms with Crippen LogP contribution in [0, 0.1) is 0 Å². The number of aliphatic hydroxyl groups excluding tert-OH is 4. The van der Waals surface area contributed by atoms with Crippen LogP contribution in [0.25, 0.3) is 0 Å². The highest BCUT2D eigenvalue weighted by atomic mass is 16.7. The monoisotopic (exact) mass is 276 g/mol. The van der Waals surface area contributed by atoms with Crippen LogP contribution in [0.4, 0.5) is 0 Å². The number of allylic oxidation sites excluding steroid dienone is 1. The third kappa shape index (κ3) is 4.26. The van der Waals surface area contributed by atoms with Crippen molar-refractivity contribution in [3.05, 3.63) is 12.2 Å². The Labute approximate surface area is 111 Å². The molecule has 0 amide bonds. The molecule has 0 aromatic heterocycles. The van der Waals surface area contributed by atoms with Crippen LogP contribution in [0.15, 0.2) is 12.2 Å². The van der Waals surface area contributed by atoms with Gasteiger partial charge in [-0.2, -0.15) is 0 Å². The number of rotatable bonds is 5. The van der Waals surface area contributed by atoms with Gasteiger partial charge in [-0.3, -0.25) is 0 Å². The quantitative estimate of drug-likeness (QED) is 0.364. The standard InChI is InChI=1S/C12H20O7/c1-2-3-4-5-8(14)19-12-11(17)10(16)9(15)7(6-13)18-12/h4-5,7,9-13,15-17H,2-3,6H2,1H3/b5-4+/t7-,9-,10+,11-,12+/m1/s1. The first kappa shape index (κ1) is 16.1. The van der Waals surface area contributed by atoms with Crippen molar-refractivity contribution in [1.29, 1.82) is 0 Å². The Morgan fingerprint density at radius 1 is 1.26 bits per heavy atom. The fourth-order valence-electron chi connectivity index (χ4n) is 1.66. The van der Waals surface area contributed by atoms with E-state index in [1.54, 1.807) is 6.08 Å². The maximum Gasteiger partial charge on any atom is 0.332 e. The molecule has 7 heteroatoms. The number of unbranched alkanes of at least 4 members (excludes halogenated alkanes) is 1. The van der Waals surface area contributed by atoms with Crippen LogP contribution < -0.4 is 0 Å². The van der Waals surface area contributed by atoms with E-state index in [2.05, 4.69) is 0 Å². The predicted octanol–water partition coefficient (Wildman–Crippen LogP) is -1.31. The molecule has 5 atom stereocenters. The highest BCUT2D eigenvalue weighted by Crippen LogP contribution is 2.22. The van der Waals surface area contributed by atoms with Crippen LogP contribution in [0.5, 0.6) is 0 Å². The van der Waals surface area contributed by atoms with Crippen molar-refractivity contribution in [2.24, 2.45) is 0 Å². The SMILES string of the molecule is CCC/C=C/C(=O)O[C@@H]1O[C@H](CO)[C@@H](O)[C@H](O)[C@H]1O. The highest BCUT2D eigenvalue weighted by Gasteiger charge is 2.45. The third-order valence-electron chi connectivity index (χ3n) is 2.79. The molecule has 1 fully saturated rings. The van der Waals surface area contributed by atoms with Gasteiger partial charge < -0.3 is 29.9 Å². The van der Waals surface area contributed by atoms with E-state index < -0.39 is 43.3 Å². The van der Waals surface area contributed by atoms with Gasteiger partial charge in [-0.1, -0.05) is 19.4 Å². The Bertz CT molecular complexity index is 315. The summed E-state index contributed by atoms with van der Waals surface area (Å²) in [4.78, 5) is 11.4. The fraction of sp³-hybridized carbons (Fsp3) is 0.750. The second-order valence-corrected chi connectivity index (χ2v) is 4.33. The maximum absolute atomic E-state index is 11.4. The van der Waals surface area contributed by atoms with Crippen LogP contribution >= 0.6 is 0 Å². The van der Waals surface area contributed by atoms with Gasteiger partial charge in [0.2, 0.25) is 6.29 Å². The van der Waals surface area contributed by atoms with Gasteiger partial charge in [0.15, 0.2) is 0 Å². The Kier molecular flexibility index (Phi) is 6.40. The van der Waals surface area contributed by atoms with Crippen molar-refractivity contribution in [2.45, 2.75) is 50.5 Å². The molecule has 4 N–H and O–H groups in total. The molecule has 7 nitrogen and oxygen atoms in total. The van der Waals surface area contributed by atoms with E-state index in [0.717, 1.165) is 6.42 Å². The van der Waals surface area contributed by atoms with E-state index in [-0.39, 0.29) is 0 Å². The van der Waals surface area contributed by atoms with E-state index >= 15 is 0 Å². The number of ether oxygens (including phenoxy) is 2. The summed E-state index contributed by atoms with van der Waals surface area (Å²) in [5, 5.41) is 37.6. The molecule has 0 unspecified atom stereocenters. The molecular formula is C12H20O7. The summed E-state index contributed by atoms with van der Waals surface area (Å²) >= 11 is 0. The number of aliphatic hydroxyl groups is 4. The number of esters is 1. The average Bonchev–Trinajstić information content (AvgIpc) is 2.39. The van der Waals surface area contributed by atoms with Crippen LogP contribution in [0.1, 0.15) is 19.8 Å². The lowest BCUT2D eigenvalue weighted by Crippen LogP contribution is -2.59.